The lowest BCUT2D eigenvalue weighted by atomic mass is 10.1. The van der Waals surface area contributed by atoms with Crippen LogP contribution in [-0.4, -0.2) is 43.6 Å². The van der Waals surface area contributed by atoms with Gasteiger partial charge in [0, 0.05) is 19.2 Å². The molecule has 0 atom stereocenters. The second-order valence-electron chi connectivity index (χ2n) is 6.32. The number of benzene rings is 2. The fourth-order valence-electron chi connectivity index (χ4n) is 2.59. The predicted molar refractivity (Wildman–Crippen MR) is 106 cm³/mol. The molecule has 2 aromatic carbocycles. The van der Waals surface area contributed by atoms with Crippen molar-refractivity contribution in [3.63, 3.8) is 0 Å². The van der Waals surface area contributed by atoms with Crippen molar-refractivity contribution in [1.82, 2.24) is 4.90 Å². The summed E-state index contributed by atoms with van der Waals surface area (Å²) >= 11 is 0. The lowest BCUT2D eigenvalue weighted by Gasteiger charge is -2.23. The predicted octanol–water partition coefficient (Wildman–Crippen LogP) is 3.36. The smallest absolute Gasteiger partial charge is 0.307 e. The average molecular weight is 385 g/mol. The minimum Gasteiger partial charge on any atom is -0.497 e. The molecule has 150 valence electrons. The van der Waals surface area contributed by atoms with Crippen LogP contribution in [0.2, 0.25) is 0 Å². The van der Waals surface area contributed by atoms with Crippen molar-refractivity contribution >= 4 is 11.9 Å². The van der Waals surface area contributed by atoms with Crippen LogP contribution in [0.5, 0.6) is 11.5 Å². The minimum absolute atomic E-state index is 0.123. The molecule has 0 aliphatic rings. The summed E-state index contributed by atoms with van der Waals surface area (Å²) in [6.45, 7) is 4.64. The standard InChI is InChI=1S/C22H27NO5/c1-4-27-22(25)12-13-23(15-18-10-8-17(2)9-11-18)21(24)16-28-20-7-5-6-19(14-20)26-3/h5-11,14H,4,12-13,15-16H2,1-3H3. The van der Waals surface area contributed by atoms with Gasteiger partial charge in [-0.05, 0) is 31.5 Å². The SMILES string of the molecule is CCOC(=O)CCN(Cc1ccc(C)cc1)C(=O)COc1cccc(OC)c1. The maximum atomic E-state index is 12.7. The van der Waals surface area contributed by atoms with E-state index in [1.54, 1.807) is 43.2 Å². The van der Waals surface area contributed by atoms with Crippen LogP contribution in [0.4, 0.5) is 0 Å². The van der Waals surface area contributed by atoms with Gasteiger partial charge in [-0.1, -0.05) is 35.9 Å². The zero-order chi connectivity index (χ0) is 20.4. The normalized spacial score (nSPS) is 10.2. The van der Waals surface area contributed by atoms with Crippen LogP contribution in [0.15, 0.2) is 48.5 Å². The van der Waals surface area contributed by atoms with E-state index in [0.717, 1.165) is 11.1 Å². The molecule has 0 fully saturated rings. The van der Waals surface area contributed by atoms with Crippen molar-refractivity contribution in [2.45, 2.75) is 26.8 Å². The quantitative estimate of drug-likeness (QED) is 0.587. The molecule has 0 aliphatic heterocycles. The fourth-order valence-corrected chi connectivity index (χ4v) is 2.59. The number of methoxy groups -OCH3 is 1. The number of ether oxygens (including phenoxy) is 3. The molecule has 0 bridgehead atoms. The van der Waals surface area contributed by atoms with Gasteiger partial charge in [-0.3, -0.25) is 9.59 Å². The van der Waals surface area contributed by atoms with Crippen LogP contribution in [0, 0.1) is 6.92 Å². The van der Waals surface area contributed by atoms with E-state index in [0.29, 0.717) is 24.7 Å². The number of nitrogens with zero attached hydrogens (tertiary/aromatic N) is 1. The van der Waals surface area contributed by atoms with E-state index in [4.69, 9.17) is 14.2 Å². The fraction of sp³-hybridized carbons (Fsp3) is 0.364. The van der Waals surface area contributed by atoms with Gasteiger partial charge in [0.25, 0.3) is 5.91 Å². The van der Waals surface area contributed by atoms with Crippen LogP contribution in [-0.2, 0) is 20.9 Å². The molecule has 28 heavy (non-hydrogen) atoms. The molecular formula is C22H27NO5. The van der Waals surface area contributed by atoms with Crippen LogP contribution >= 0.6 is 0 Å². The second-order valence-corrected chi connectivity index (χ2v) is 6.32. The average Bonchev–Trinajstić information content (AvgIpc) is 2.71. The number of carbonyl (C=O) groups is 2. The maximum absolute atomic E-state index is 12.7. The molecule has 0 aromatic heterocycles. The first-order valence-electron chi connectivity index (χ1n) is 9.27. The lowest BCUT2D eigenvalue weighted by molar-refractivity contribution is -0.144. The van der Waals surface area contributed by atoms with Crippen molar-refractivity contribution in [1.29, 1.82) is 0 Å². The summed E-state index contributed by atoms with van der Waals surface area (Å²) in [5.74, 6) is 0.683. The Kier molecular flexibility index (Phi) is 8.34. The Morgan fingerprint density at radius 1 is 1.04 bits per heavy atom. The summed E-state index contributed by atoms with van der Waals surface area (Å²) in [6.07, 6.45) is 0.143. The Bertz CT molecular complexity index is 773. The molecule has 0 N–H and O–H groups in total. The highest BCUT2D eigenvalue weighted by Gasteiger charge is 2.17. The molecule has 6 heteroatoms. The summed E-state index contributed by atoms with van der Waals surface area (Å²) < 4.78 is 15.7. The Morgan fingerprint density at radius 3 is 2.43 bits per heavy atom. The molecule has 0 heterocycles. The van der Waals surface area contributed by atoms with Crippen molar-refractivity contribution in [2.24, 2.45) is 0 Å². The number of aryl methyl sites for hydroxylation is 1. The molecule has 2 rings (SSSR count). The number of carbonyl (C=O) groups excluding carboxylic acids is 2. The first kappa shape index (κ1) is 21.3. The number of amides is 1. The summed E-state index contributed by atoms with van der Waals surface area (Å²) in [5.41, 5.74) is 2.14. The Morgan fingerprint density at radius 2 is 1.75 bits per heavy atom. The zero-order valence-electron chi connectivity index (χ0n) is 16.6. The molecule has 0 saturated heterocycles. The van der Waals surface area contributed by atoms with Crippen LogP contribution in [0.25, 0.3) is 0 Å². The zero-order valence-corrected chi connectivity index (χ0v) is 16.6. The van der Waals surface area contributed by atoms with Crippen molar-refractivity contribution in [3.8, 4) is 11.5 Å². The highest BCUT2D eigenvalue weighted by molar-refractivity contribution is 5.78. The van der Waals surface area contributed by atoms with E-state index in [1.807, 2.05) is 31.2 Å². The molecule has 0 saturated carbocycles. The topological polar surface area (TPSA) is 65.1 Å². The van der Waals surface area contributed by atoms with Crippen molar-refractivity contribution in [3.05, 3.63) is 59.7 Å². The lowest BCUT2D eigenvalue weighted by Crippen LogP contribution is -2.36. The third-order valence-corrected chi connectivity index (χ3v) is 4.14. The highest BCUT2D eigenvalue weighted by Crippen LogP contribution is 2.19. The molecule has 1 amide bonds. The third-order valence-electron chi connectivity index (χ3n) is 4.14. The second kappa shape index (κ2) is 11.0. The van der Waals surface area contributed by atoms with E-state index in [2.05, 4.69) is 0 Å². The van der Waals surface area contributed by atoms with E-state index >= 15 is 0 Å². The van der Waals surface area contributed by atoms with Crippen LogP contribution in [0.3, 0.4) is 0 Å². The van der Waals surface area contributed by atoms with Gasteiger partial charge in [-0.25, -0.2) is 0 Å². The summed E-state index contributed by atoms with van der Waals surface area (Å²) in [4.78, 5) is 26.1. The third kappa shape index (κ3) is 6.95. The molecule has 0 unspecified atom stereocenters. The first-order valence-corrected chi connectivity index (χ1v) is 9.27. The Labute approximate surface area is 166 Å². The molecule has 6 nitrogen and oxygen atoms in total. The van der Waals surface area contributed by atoms with E-state index in [9.17, 15) is 9.59 Å². The maximum Gasteiger partial charge on any atom is 0.307 e. The molecular weight excluding hydrogens is 358 g/mol. The van der Waals surface area contributed by atoms with Crippen LogP contribution in [0.1, 0.15) is 24.5 Å². The molecule has 0 spiro atoms. The number of esters is 1. The van der Waals surface area contributed by atoms with Gasteiger partial charge in [-0.15, -0.1) is 0 Å². The van der Waals surface area contributed by atoms with Gasteiger partial charge < -0.3 is 19.1 Å². The largest absolute Gasteiger partial charge is 0.497 e. The number of hydrogen-bond acceptors (Lipinski definition) is 5. The van der Waals surface area contributed by atoms with E-state index in [-0.39, 0.29) is 31.4 Å². The first-order chi connectivity index (χ1) is 13.5. The van der Waals surface area contributed by atoms with Crippen LogP contribution < -0.4 is 9.47 Å². The monoisotopic (exact) mass is 385 g/mol. The van der Waals surface area contributed by atoms with Crippen molar-refractivity contribution < 1.29 is 23.8 Å². The van der Waals surface area contributed by atoms with Crippen molar-refractivity contribution in [2.75, 3.05) is 26.9 Å². The van der Waals surface area contributed by atoms with Gasteiger partial charge >= 0.3 is 5.97 Å². The molecule has 0 radical (unpaired) electrons. The molecule has 2 aromatic rings. The van der Waals surface area contributed by atoms with E-state index < -0.39 is 0 Å². The summed E-state index contributed by atoms with van der Waals surface area (Å²) in [5, 5.41) is 0. The number of rotatable bonds is 10. The number of hydrogen-bond donors (Lipinski definition) is 0. The van der Waals surface area contributed by atoms with Gasteiger partial charge in [0.15, 0.2) is 6.61 Å². The molecule has 0 aliphatic carbocycles. The van der Waals surface area contributed by atoms with Gasteiger partial charge in [0.2, 0.25) is 0 Å². The summed E-state index contributed by atoms with van der Waals surface area (Å²) in [7, 11) is 1.57. The van der Waals surface area contributed by atoms with E-state index in [1.165, 1.54) is 0 Å². The van der Waals surface area contributed by atoms with Gasteiger partial charge in [-0.2, -0.15) is 0 Å². The summed E-state index contributed by atoms with van der Waals surface area (Å²) in [6, 6.07) is 15.0. The Balaban J connectivity index is 2.01. The van der Waals surface area contributed by atoms with Gasteiger partial charge in [0.05, 0.1) is 20.1 Å². The highest BCUT2D eigenvalue weighted by atomic mass is 16.5. The minimum atomic E-state index is -0.321. The van der Waals surface area contributed by atoms with Gasteiger partial charge in [0.1, 0.15) is 11.5 Å². The Hall–Kier alpha value is -3.02.